The number of nitrogens with one attached hydrogen (secondary N) is 1. The molecule has 0 saturated carbocycles. The van der Waals surface area contributed by atoms with Crippen LogP contribution in [0.25, 0.3) is 0 Å². The number of amides is 1. The van der Waals surface area contributed by atoms with Crippen LogP contribution in [0.2, 0.25) is 0 Å². The lowest BCUT2D eigenvalue weighted by Gasteiger charge is -2.09. The third-order valence-corrected chi connectivity index (χ3v) is 3.00. The monoisotopic (exact) mass is 311 g/mol. The summed E-state index contributed by atoms with van der Waals surface area (Å²) in [5.74, 6) is 0.635. The normalized spacial score (nSPS) is 10.9. The van der Waals surface area contributed by atoms with E-state index >= 15 is 0 Å². The van der Waals surface area contributed by atoms with E-state index in [-0.39, 0.29) is 18.4 Å². The van der Waals surface area contributed by atoms with Crippen LogP contribution in [0.3, 0.4) is 0 Å². The first-order valence-electron chi connectivity index (χ1n) is 7.46. The van der Waals surface area contributed by atoms with E-state index in [9.17, 15) is 4.79 Å². The molecule has 2 aromatic rings. The van der Waals surface area contributed by atoms with E-state index in [1.165, 1.54) is 0 Å². The maximum atomic E-state index is 11.8. The third-order valence-electron chi connectivity index (χ3n) is 3.00. The first-order chi connectivity index (χ1) is 11.0. The molecule has 1 amide bonds. The summed E-state index contributed by atoms with van der Waals surface area (Å²) in [5, 5.41) is 3.96. The van der Waals surface area contributed by atoms with Gasteiger partial charge in [-0.25, -0.2) is 5.43 Å². The van der Waals surface area contributed by atoms with E-state index in [0.29, 0.717) is 5.69 Å². The van der Waals surface area contributed by atoms with Crippen molar-refractivity contribution < 1.29 is 9.53 Å². The summed E-state index contributed by atoms with van der Waals surface area (Å²) in [6, 6.07) is 14.7. The molecule has 0 saturated heterocycles. The Kier molecular flexibility index (Phi) is 5.74. The average Bonchev–Trinajstić information content (AvgIpc) is 2.51. The summed E-state index contributed by atoms with van der Waals surface area (Å²) in [5.41, 5.74) is 10.6. The van der Waals surface area contributed by atoms with Gasteiger partial charge in [0.25, 0.3) is 0 Å². The molecule has 0 aromatic heterocycles. The van der Waals surface area contributed by atoms with Crippen LogP contribution in [0.5, 0.6) is 5.75 Å². The summed E-state index contributed by atoms with van der Waals surface area (Å²) in [6.45, 7) is 3.96. The molecule has 5 nitrogen and oxygen atoms in total. The maximum absolute atomic E-state index is 11.8. The van der Waals surface area contributed by atoms with Gasteiger partial charge in [-0.3, -0.25) is 4.79 Å². The molecule has 120 valence electrons. The van der Waals surface area contributed by atoms with Crippen molar-refractivity contribution in [1.29, 1.82) is 0 Å². The zero-order valence-electron chi connectivity index (χ0n) is 13.3. The van der Waals surface area contributed by atoms with Crippen LogP contribution in [-0.2, 0) is 11.2 Å². The van der Waals surface area contributed by atoms with Gasteiger partial charge in [0.05, 0.1) is 18.7 Å². The average molecular weight is 311 g/mol. The quantitative estimate of drug-likeness (QED) is 0.489. The molecule has 0 fully saturated rings. The van der Waals surface area contributed by atoms with Gasteiger partial charge >= 0.3 is 0 Å². The summed E-state index contributed by atoms with van der Waals surface area (Å²) >= 11 is 0. The largest absolute Gasteiger partial charge is 0.491 e. The molecule has 5 heteroatoms. The van der Waals surface area contributed by atoms with Crippen LogP contribution in [0.1, 0.15) is 25.0 Å². The van der Waals surface area contributed by atoms with Crippen molar-refractivity contribution >= 4 is 17.8 Å². The van der Waals surface area contributed by atoms with Gasteiger partial charge in [-0.05, 0) is 61.4 Å². The molecule has 2 rings (SSSR count). The Morgan fingerprint density at radius 3 is 2.43 bits per heavy atom. The van der Waals surface area contributed by atoms with Gasteiger partial charge in [-0.2, -0.15) is 5.10 Å². The topological polar surface area (TPSA) is 76.7 Å². The lowest BCUT2D eigenvalue weighted by Crippen LogP contribution is -2.19. The van der Waals surface area contributed by atoms with Crippen LogP contribution in [0.4, 0.5) is 5.69 Å². The summed E-state index contributed by atoms with van der Waals surface area (Å²) in [4.78, 5) is 11.8. The number of ether oxygens (including phenoxy) is 1. The number of hydrogen-bond acceptors (Lipinski definition) is 4. The number of hydrazone groups is 1. The van der Waals surface area contributed by atoms with Crippen LogP contribution in [0, 0.1) is 0 Å². The summed E-state index contributed by atoms with van der Waals surface area (Å²) in [7, 11) is 0. The molecular formula is C18H21N3O2. The molecular weight excluding hydrogens is 290 g/mol. The smallest absolute Gasteiger partial charge is 0.244 e. The Morgan fingerprint density at radius 2 is 1.83 bits per heavy atom. The number of carbonyl (C=O) groups is 1. The zero-order chi connectivity index (χ0) is 16.7. The van der Waals surface area contributed by atoms with Crippen molar-refractivity contribution in [2.24, 2.45) is 5.10 Å². The van der Waals surface area contributed by atoms with E-state index in [1.807, 2.05) is 50.2 Å². The van der Waals surface area contributed by atoms with Gasteiger partial charge < -0.3 is 10.5 Å². The van der Waals surface area contributed by atoms with Gasteiger partial charge in [0.1, 0.15) is 5.75 Å². The van der Waals surface area contributed by atoms with E-state index in [1.54, 1.807) is 18.3 Å². The van der Waals surface area contributed by atoms with Crippen molar-refractivity contribution in [1.82, 2.24) is 5.43 Å². The van der Waals surface area contributed by atoms with Gasteiger partial charge in [0.15, 0.2) is 0 Å². The SMILES string of the molecule is CC(C)Oc1ccc(/C=N\NC(=O)Cc2ccc(N)cc2)cc1. The number of anilines is 1. The molecule has 0 aliphatic heterocycles. The van der Waals surface area contributed by atoms with Crippen molar-refractivity contribution in [2.75, 3.05) is 5.73 Å². The number of nitrogen functional groups attached to an aromatic ring is 1. The molecule has 0 spiro atoms. The second kappa shape index (κ2) is 7.98. The Balaban J connectivity index is 1.83. The number of benzene rings is 2. The van der Waals surface area contributed by atoms with Crippen molar-refractivity contribution in [3.63, 3.8) is 0 Å². The molecule has 23 heavy (non-hydrogen) atoms. The Morgan fingerprint density at radius 1 is 1.17 bits per heavy atom. The van der Waals surface area contributed by atoms with E-state index in [0.717, 1.165) is 16.9 Å². The van der Waals surface area contributed by atoms with E-state index in [4.69, 9.17) is 10.5 Å². The highest BCUT2D eigenvalue weighted by Gasteiger charge is 2.01. The molecule has 0 heterocycles. The second-order valence-corrected chi connectivity index (χ2v) is 5.45. The summed E-state index contributed by atoms with van der Waals surface area (Å²) < 4.78 is 5.56. The first kappa shape index (κ1) is 16.5. The first-order valence-corrected chi connectivity index (χ1v) is 7.46. The van der Waals surface area contributed by atoms with Gasteiger partial charge in [-0.1, -0.05) is 12.1 Å². The molecule has 0 atom stereocenters. The predicted octanol–water partition coefficient (Wildman–Crippen LogP) is 2.75. The second-order valence-electron chi connectivity index (χ2n) is 5.45. The van der Waals surface area contributed by atoms with Crippen LogP contribution in [-0.4, -0.2) is 18.2 Å². The molecule has 2 aromatic carbocycles. The molecule has 3 N–H and O–H groups in total. The third kappa shape index (κ3) is 5.82. The minimum Gasteiger partial charge on any atom is -0.491 e. The number of nitrogens with two attached hydrogens (primary N) is 1. The van der Waals surface area contributed by atoms with Gasteiger partial charge in [-0.15, -0.1) is 0 Å². The minimum atomic E-state index is -0.175. The molecule has 0 bridgehead atoms. The molecule has 0 aliphatic carbocycles. The maximum Gasteiger partial charge on any atom is 0.244 e. The molecule has 0 unspecified atom stereocenters. The number of nitrogens with zero attached hydrogens (tertiary/aromatic N) is 1. The standard InChI is InChI=1S/C18H21N3O2/c1-13(2)23-17-9-5-15(6-10-17)12-20-21-18(22)11-14-3-7-16(19)8-4-14/h3-10,12-13H,11,19H2,1-2H3,(H,21,22)/b20-12-. The fourth-order valence-electron chi connectivity index (χ4n) is 1.94. The molecule has 0 aliphatic rings. The van der Waals surface area contributed by atoms with Crippen molar-refractivity contribution in [2.45, 2.75) is 26.4 Å². The van der Waals surface area contributed by atoms with Gasteiger partial charge in [0, 0.05) is 5.69 Å². The Labute approximate surface area is 136 Å². The van der Waals surface area contributed by atoms with Crippen LogP contribution < -0.4 is 15.9 Å². The minimum absolute atomic E-state index is 0.141. The highest BCUT2D eigenvalue weighted by molar-refractivity contribution is 5.83. The van der Waals surface area contributed by atoms with Crippen LogP contribution in [0.15, 0.2) is 53.6 Å². The number of rotatable bonds is 6. The lowest BCUT2D eigenvalue weighted by molar-refractivity contribution is -0.120. The highest BCUT2D eigenvalue weighted by atomic mass is 16.5. The van der Waals surface area contributed by atoms with E-state index in [2.05, 4.69) is 10.5 Å². The molecule has 0 radical (unpaired) electrons. The van der Waals surface area contributed by atoms with E-state index < -0.39 is 0 Å². The lowest BCUT2D eigenvalue weighted by atomic mass is 10.1. The fourth-order valence-corrected chi connectivity index (χ4v) is 1.94. The zero-order valence-corrected chi connectivity index (χ0v) is 13.3. The van der Waals surface area contributed by atoms with Crippen molar-refractivity contribution in [3.8, 4) is 5.75 Å². The van der Waals surface area contributed by atoms with Crippen LogP contribution >= 0.6 is 0 Å². The highest BCUT2D eigenvalue weighted by Crippen LogP contribution is 2.12. The Hall–Kier alpha value is -2.82. The number of carbonyl (C=O) groups excluding carboxylic acids is 1. The van der Waals surface area contributed by atoms with Gasteiger partial charge in [0.2, 0.25) is 5.91 Å². The Bertz CT molecular complexity index is 662. The fraction of sp³-hybridized carbons (Fsp3) is 0.222. The summed E-state index contributed by atoms with van der Waals surface area (Å²) in [6.07, 6.45) is 2.00. The predicted molar refractivity (Wildman–Crippen MR) is 92.5 cm³/mol. The van der Waals surface area contributed by atoms with Crippen molar-refractivity contribution in [3.05, 3.63) is 59.7 Å². The number of hydrogen-bond donors (Lipinski definition) is 2.